The Hall–Kier alpha value is -3.89. The lowest BCUT2D eigenvalue weighted by Crippen LogP contribution is -2.27. The maximum atomic E-state index is 14.0. The number of ether oxygens (including phenoxy) is 2. The van der Waals surface area contributed by atoms with Gasteiger partial charge in [-0.1, -0.05) is 17.7 Å². The number of hydrogen-bond donors (Lipinski definition) is 0. The third-order valence-electron chi connectivity index (χ3n) is 6.73. The molecule has 39 heavy (non-hydrogen) atoms. The lowest BCUT2D eigenvalue weighted by Gasteiger charge is -2.22. The van der Waals surface area contributed by atoms with Gasteiger partial charge < -0.3 is 9.47 Å². The van der Waals surface area contributed by atoms with Crippen LogP contribution in [0.1, 0.15) is 41.3 Å². The van der Waals surface area contributed by atoms with Crippen molar-refractivity contribution in [2.24, 2.45) is 0 Å². The third-order valence-corrected chi connectivity index (χ3v) is 7.08. The van der Waals surface area contributed by atoms with Gasteiger partial charge in [0, 0.05) is 55.1 Å². The summed E-state index contributed by atoms with van der Waals surface area (Å²) in [5, 5.41) is -0.223. The van der Waals surface area contributed by atoms with E-state index in [9.17, 15) is 18.4 Å². The van der Waals surface area contributed by atoms with E-state index in [0.29, 0.717) is 47.6 Å². The summed E-state index contributed by atoms with van der Waals surface area (Å²) in [5.74, 6) is -1.17. The zero-order valence-corrected chi connectivity index (χ0v) is 22.0. The second-order valence-electron chi connectivity index (χ2n) is 9.33. The van der Waals surface area contributed by atoms with E-state index in [1.54, 1.807) is 38.4 Å². The number of rotatable bonds is 6. The molecule has 1 aliphatic rings. The zero-order valence-electron chi connectivity index (χ0n) is 21.3. The highest BCUT2D eigenvalue weighted by molar-refractivity contribution is 6.31. The van der Waals surface area contributed by atoms with Crippen LogP contribution in [0.2, 0.25) is 5.02 Å². The van der Waals surface area contributed by atoms with Crippen LogP contribution < -0.4 is 15.9 Å². The highest BCUT2D eigenvalue weighted by Crippen LogP contribution is 2.27. The second-order valence-corrected chi connectivity index (χ2v) is 9.71. The predicted octanol–water partition coefficient (Wildman–Crippen LogP) is 4.80. The highest BCUT2D eigenvalue weighted by atomic mass is 35.5. The third kappa shape index (κ3) is 5.35. The van der Waals surface area contributed by atoms with Crippen LogP contribution in [0.15, 0.2) is 58.5 Å². The quantitative estimate of drug-likeness (QED) is 0.340. The van der Waals surface area contributed by atoms with Gasteiger partial charge in [-0.2, -0.15) is 0 Å². The number of pyridine rings is 4. The average molecular weight is 555 g/mol. The van der Waals surface area contributed by atoms with Crippen LogP contribution in [-0.4, -0.2) is 32.3 Å². The van der Waals surface area contributed by atoms with Crippen LogP contribution in [-0.2, 0) is 11.3 Å². The molecule has 0 aromatic carbocycles. The van der Waals surface area contributed by atoms with Crippen molar-refractivity contribution in [2.75, 3.05) is 13.2 Å². The van der Waals surface area contributed by atoms with Gasteiger partial charge in [0.1, 0.15) is 34.7 Å². The molecular weight excluding hydrogens is 530 g/mol. The largest absolute Gasteiger partial charge is 0.485 e. The molecule has 0 radical (unpaired) electrons. The Morgan fingerprint density at radius 2 is 1.85 bits per heavy atom. The fraction of sp³-hybridized carbons (Fsp3) is 0.286. The molecule has 4 aromatic heterocycles. The molecule has 1 fully saturated rings. The SMILES string of the molecule is Cc1cnc(-n2cccc(C3CCOCC3)c2=O)cc1-n1c(C)cc(OCc2ncc(F)cc2F)c(Cl)c1=O. The first-order chi connectivity index (χ1) is 18.7. The van der Waals surface area contributed by atoms with E-state index in [-0.39, 0.29) is 34.6 Å². The molecule has 0 unspecified atom stereocenters. The second kappa shape index (κ2) is 11.1. The number of aryl methyl sites for hydroxylation is 2. The topological polar surface area (TPSA) is 88.2 Å². The Bertz CT molecular complexity index is 1660. The van der Waals surface area contributed by atoms with Crippen LogP contribution in [0.4, 0.5) is 8.78 Å². The van der Waals surface area contributed by atoms with E-state index in [4.69, 9.17) is 21.1 Å². The summed E-state index contributed by atoms with van der Waals surface area (Å²) < 4.78 is 41.0. The predicted molar refractivity (Wildman–Crippen MR) is 141 cm³/mol. The molecule has 0 atom stereocenters. The standard InChI is InChI=1S/C28H25ClF2N4O4/c1-16-13-33-25(34-7-3-4-20(27(34)36)18-5-8-38-9-6-18)12-23(16)35-17(2)10-24(26(29)28(35)37)39-15-22-21(31)11-19(30)14-32-22/h3-4,7,10-14,18H,5-6,8-9,15H2,1-2H3. The van der Waals surface area contributed by atoms with E-state index < -0.39 is 17.2 Å². The summed E-state index contributed by atoms with van der Waals surface area (Å²) in [6, 6.07) is 7.55. The van der Waals surface area contributed by atoms with Crippen LogP contribution in [0.3, 0.4) is 0 Å². The van der Waals surface area contributed by atoms with Crippen LogP contribution in [0.5, 0.6) is 5.75 Å². The molecule has 4 aromatic rings. The van der Waals surface area contributed by atoms with Gasteiger partial charge in [-0.3, -0.25) is 23.7 Å². The van der Waals surface area contributed by atoms with Gasteiger partial charge in [0.15, 0.2) is 5.82 Å². The molecular formula is C28H25ClF2N4O4. The minimum atomic E-state index is -0.868. The van der Waals surface area contributed by atoms with E-state index >= 15 is 0 Å². The minimum Gasteiger partial charge on any atom is -0.485 e. The molecule has 11 heteroatoms. The fourth-order valence-corrected chi connectivity index (χ4v) is 4.86. The Kier molecular flexibility index (Phi) is 7.58. The average Bonchev–Trinajstić information content (AvgIpc) is 2.92. The molecule has 0 N–H and O–H groups in total. The van der Waals surface area contributed by atoms with E-state index in [0.717, 1.165) is 19.0 Å². The van der Waals surface area contributed by atoms with Gasteiger partial charge in [-0.15, -0.1) is 0 Å². The minimum absolute atomic E-state index is 0.0354. The molecule has 0 bridgehead atoms. The Morgan fingerprint density at radius 1 is 1.08 bits per heavy atom. The first-order valence-corrected chi connectivity index (χ1v) is 12.7. The summed E-state index contributed by atoms with van der Waals surface area (Å²) >= 11 is 6.38. The molecule has 5 heterocycles. The number of halogens is 3. The van der Waals surface area contributed by atoms with Crippen molar-refractivity contribution < 1.29 is 18.3 Å². The Morgan fingerprint density at radius 3 is 2.59 bits per heavy atom. The monoisotopic (exact) mass is 554 g/mol. The molecule has 0 saturated carbocycles. The van der Waals surface area contributed by atoms with Crippen molar-refractivity contribution in [2.45, 2.75) is 39.2 Å². The van der Waals surface area contributed by atoms with Gasteiger partial charge in [0.2, 0.25) is 0 Å². The smallest absolute Gasteiger partial charge is 0.277 e. The first-order valence-electron chi connectivity index (χ1n) is 12.4. The molecule has 0 amide bonds. The fourth-order valence-electron chi connectivity index (χ4n) is 4.67. The molecule has 202 valence electrons. The molecule has 8 nitrogen and oxygen atoms in total. The summed E-state index contributed by atoms with van der Waals surface area (Å²) in [5.41, 5.74) is 1.50. The van der Waals surface area contributed by atoms with Crippen molar-refractivity contribution in [3.63, 3.8) is 0 Å². The summed E-state index contributed by atoms with van der Waals surface area (Å²) in [4.78, 5) is 34.9. The summed E-state index contributed by atoms with van der Waals surface area (Å²) in [6.07, 6.45) is 5.66. The summed E-state index contributed by atoms with van der Waals surface area (Å²) in [6.45, 7) is 4.37. The Labute approximate surface area is 227 Å². The number of hydrogen-bond acceptors (Lipinski definition) is 6. The lowest BCUT2D eigenvalue weighted by atomic mass is 9.93. The zero-order chi connectivity index (χ0) is 27.7. The van der Waals surface area contributed by atoms with E-state index in [2.05, 4.69) is 9.97 Å². The molecule has 1 saturated heterocycles. The summed E-state index contributed by atoms with van der Waals surface area (Å²) in [7, 11) is 0. The van der Waals surface area contributed by atoms with E-state index in [1.165, 1.54) is 9.13 Å². The highest BCUT2D eigenvalue weighted by Gasteiger charge is 2.21. The van der Waals surface area contributed by atoms with Gasteiger partial charge in [0.25, 0.3) is 11.1 Å². The molecule has 5 rings (SSSR count). The molecule has 0 spiro atoms. The van der Waals surface area contributed by atoms with Gasteiger partial charge in [-0.05, 0) is 44.2 Å². The van der Waals surface area contributed by atoms with Crippen LogP contribution >= 0.6 is 11.6 Å². The first kappa shape index (κ1) is 26.7. The molecule has 0 aliphatic carbocycles. The van der Waals surface area contributed by atoms with Gasteiger partial charge >= 0.3 is 0 Å². The van der Waals surface area contributed by atoms with Crippen molar-refractivity contribution in [3.05, 3.63) is 109 Å². The maximum Gasteiger partial charge on any atom is 0.277 e. The van der Waals surface area contributed by atoms with Crippen molar-refractivity contribution in [1.82, 2.24) is 19.1 Å². The number of nitrogens with zero attached hydrogens (tertiary/aromatic N) is 4. The van der Waals surface area contributed by atoms with Gasteiger partial charge in [-0.25, -0.2) is 13.8 Å². The van der Waals surface area contributed by atoms with Crippen LogP contribution in [0, 0.1) is 25.5 Å². The molecule has 1 aliphatic heterocycles. The van der Waals surface area contributed by atoms with E-state index in [1.807, 2.05) is 12.1 Å². The van der Waals surface area contributed by atoms with Crippen molar-refractivity contribution in [3.8, 4) is 17.3 Å². The number of aromatic nitrogens is 4. The Balaban J connectivity index is 1.50. The maximum absolute atomic E-state index is 14.0. The van der Waals surface area contributed by atoms with Crippen LogP contribution in [0.25, 0.3) is 11.5 Å². The van der Waals surface area contributed by atoms with Gasteiger partial charge in [0.05, 0.1) is 11.9 Å². The van der Waals surface area contributed by atoms with Crippen molar-refractivity contribution in [1.29, 1.82) is 0 Å². The lowest BCUT2D eigenvalue weighted by molar-refractivity contribution is 0.0850. The normalized spacial score (nSPS) is 14.0. The van der Waals surface area contributed by atoms with Crippen molar-refractivity contribution >= 4 is 11.6 Å².